The molecule has 172 valence electrons. The number of rotatable bonds is 11. The first-order valence-electron chi connectivity index (χ1n) is 10.3. The Bertz CT molecular complexity index is 1180. The fourth-order valence-electron chi connectivity index (χ4n) is 3.44. The van der Waals surface area contributed by atoms with E-state index in [1.165, 1.54) is 30.0 Å². The number of benzene rings is 2. The number of thioether (sulfide) groups is 1. The van der Waals surface area contributed by atoms with Crippen LogP contribution >= 0.6 is 11.8 Å². The van der Waals surface area contributed by atoms with Gasteiger partial charge in [0, 0.05) is 13.1 Å². The van der Waals surface area contributed by atoms with Gasteiger partial charge in [0.25, 0.3) is 0 Å². The number of nitrogens with one attached hydrogen (secondary N) is 2. The van der Waals surface area contributed by atoms with Gasteiger partial charge in [0.15, 0.2) is 0 Å². The molecule has 0 bridgehead atoms. The molecule has 1 amide bonds. The maximum absolute atomic E-state index is 14.0. The standard InChI is InChI=1S/C22H27FN4O3S2/c1-16-25-18-9-4-5-10-20(18)27(16)14-7-13-24-22(28)19(12-15-31-2)26-32(29,30)21-11-6-3-8-17(21)23/h3-6,8-11,19,26H,7,12-15H2,1-2H3,(H,24,28). The molecular weight excluding hydrogens is 451 g/mol. The van der Waals surface area contributed by atoms with Gasteiger partial charge in [0.05, 0.1) is 11.0 Å². The summed E-state index contributed by atoms with van der Waals surface area (Å²) >= 11 is 1.50. The van der Waals surface area contributed by atoms with Crippen LogP contribution in [0.5, 0.6) is 0 Å². The van der Waals surface area contributed by atoms with Crippen molar-refractivity contribution < 1.29 is 17.6 Å². The first-order chi connectivity index (χ1) is 15.3. The fourth-order valence-corrected chi connectivity index (χ4v) is 5.22. The van der Waals surface area contributed by atoms with Gasteiger partial charge in [0.1, 0.15) is 22.6 Å². The Morgan fingerprint density at radius 3 is 2.66 bits per heavy atom. The molecule has 1 atom stereocenters. The van der Waals surface area contributed by atoms with Crippen LogP contribution in [0.4, 0.5) is 4.39 Å². The fraction of sp³-hybridized carbons (Fsp3) is 0.364. The molecule has 1 heterocycles. The van der Waals surface area contributed by atoms with E-state index in [9.17, 15) is 17.6 Å². The average molecular weight is 479 g/mol. The summed E-state index contributed by atoms with van der Waals surface area (Å²) in [6.07, 6.45) is 2.83. The highest BCUT2D eigenvalue weighted by molar-refractivity contribution is 7.98. The van der Waals surface area contributed by atoms with Crippen LogP contribution in [-0.4, -0.2) is 48.5 Å². The van der Waals surface area contributed by atoms with Gasteiger partial charge in [-0.2, -0.15) is 16.5 Å². The summed E-state index contributed by atoms with van der Waals surface area (Å²) in [5, 5.41) is 2.81. The molecule has 10 heteroatoms. The number of aryl methyl sites for hydroxylation is 2. The van der Waals surface area contributed by atoms with Crippen LogP contribution in [0.25, 0.3) is 11.0 Å². The lowest BCUT2D eigenvalue weighted by molar-refractivity contribution is -0.122. The Morgan fingerprint density at radius 2 is 1.91 bits per heavy atom. The Morgan fingerprint density at radius 1 is 1.19 bits per heavy atom. The number of nitrogens with zero attached hydrogens (tertiary/aromatic N) is 2. The molecular formula is C22H27FN4O3S2. The van der Waals surface area contributed by atoms with Crippen LogP contribution in [0, 0.1) is 12.7 Å². The topological polar surface area (TPSA) is 93.1 Å². The number of amides is 1. The highest BCUT2D eigenvalue weighted by Gasteiger charge is 2.27. The van der Waals surface area contributed by atoms with E-state index in [-0.39, 0.29) is 0 Å². The minimum atomic E-state index is -4.17. The second-order valence-electron chi connectivity index (χ2n) is 7.33. The summed E-state index contributed by atoms with van der Waals surface area (Å²) in [6, 6.07) is 12.0. The summed E-state index contributed by atoms with van der Waals surface area (Å²) in [6.45, 7) is 2.99. The van der Waals surface area contributed by atoms with Gasteiger partial charge >= 0.3 is 0 Å². The van der Waals surface area contributed by atoms with E-state index in [0.717, 1.165) is 22.9 Å². The number of carbonyl (C=O) groups is 1. The molecule has 0 aliphatic rings. The molecule has 0 aliphatic heterocycles. The van der Waals surface area contributed by atoms with Gasteiger partial charge in [-0.15, -0.1) is 0 Å². The first-order valence-corrected chi connectivity index (χ1v) is 13.2. The molecule has 0 fully saturated rings. The molecule has 7 nitrogen and oxygen atoms in total. The zero-order chi connectivity index (χ0) is 23.1. The van der Waals surface area contributed by atoms with Crippen molar-refractivity contribution in [2.75, 3.05) is 18.6 Å². The predicted molar refractivity (Wildman–Crippen MR) is 126 cm³/mol. The highest BCUT2D eigenvalue weighted by atomic mass is 32.2. The van der Waals surface area contributed by atoms with Crippen LogP contribution in [0.2, 0.25) is 0 Å². The highest BCUT2D eigenvalue weighted by Crippen LogP contribution is 2.16. The van der Waals surface area contributed by atoms with E-state index in [4.69, 9.17) is 0 Å². The Balaban J connectivity index is 1.61. The average Bonchev–Trinajstić information content (AvgIpc) is 3.09. The SMILES string of the molecule is CSCCC(NS(=O)(=O)c1ccccc1F)C(=O)NCCCn1c(C)nc2ccccc21. The van der Waals surface area contributed by atoms with Crippen molar-refractivity contribution in [3.63, 3.8) is 0 Å². The molecule has 3 rings (SSSR count). The predicted octanol–water partition coefficient (Wildman–Crippen LogP) is 3.09. The maximum Gasteiger partial charge on any atom is 0.244 e. The second-order valence-corrected chi connectivity index (χ2v) is 10.00. The zero-order valence-corrected chi connectivity index (χ0v) is 19.7. The molecule has 0 radical (unpaired) electrons. The number of fused-ring (bicyclic) bond motifs is 1. The number of carbonyl (C=O) groups excluding carboxylic acids is 1. The molecule has 3 aromatic rings. The quantitative estimate of drug-likeness (QED) is 0.413. The van der Waals surface area contributed by atoms with Crippen molar-refractivity contribution in [2.24, 2.45) is 0 Å². The minimum absolute atomic E-state index is 0.298. The Labute approximate surface area is 191 Å². The molecule has 2 N–H and O–H groups in total. The van der Waals surface area contributed by atoms with Crippen LogP contribution in [0.1, 0.15) is 18.7 Å². The number of hydrogen-bond acceptors (Lipinski definition) is 5. The molecule has 1 aromatic heterocycles. The lowest BCUT2D eigenvalue weighted by Gasteiger charge is -2.18. The maximum atomic E-state index is 14.0. The van der Waals surface area contributed by atoms with Gasteiger partial charge in [-0.1, -0.05) is 24.3 Å². The molecule has 2 aromatic carbocycles. The van der Waals surface area contributed by atoms with Gasteiger partial charge < -0.3 is 9.88 Å². The summed E-state index contributed by atoms with van der Waals surface area (Å²) in [4.78, 5) is 16.8. The summed E-state index contributed by atoms with van der Waals surface area (Å²) in [7, 11) is -4.17. The Hall–Kier alpha value is -2.43. The number of halogens is 1. The van der Waals surface area contributed by atoms with Gasteiger partial charge in [-0.25, -0.2) is 17.8 Å². The third-order valence-electron chi connectivity index (χ3n) is 5.05. The van der Waals surface area contributed by atoms with Crippen molar-refractivity contribution in [1.29, 1.82) is 0 Å². The summed E-state index contributed by atoms with van der Waals surface area (Å²) in [5.41, 5.74) is 1.96. The van der Waals surface area contributed by atoms with Crippen molar-refractivity contribution in [3.05, 3.63) is 60.2 Å². The van der Waals surface area contributed by atoms with Crippen LogP contribution in [0.15, 0.2) is 53.4 Å². The molecule has 0 spiro atoms. The molecule has 0 saturated heterocycles. The monoisotopic (exact) mass is 478 g/mol. The van der Waals surface area contributed by atoms with E-state index in [0.29, 0.717) is 31.7 Å². The number of para-hydroxylation sites is 2. The Kier molecular flexibility index (Phi) is 8.27. The lowest BCUT2D eigenvalue weighted by Crippen LogP contribution is -2.47. The van der Waals surface area contributed by atoms with E-state index in [2.05, 4.69) is 19.6 Å². The molecule has 32 heavy (non-hydrogen) atoms. The first kappa shape index (κ1) is 24.2. The minimum Gasteiger partial charge on any atom is -0.355 e. The van der Waals surface area contributed by atoms with Crippen LogP contribution in [-0.2, 0) is 21.4 Å². The summed E-state index contributed by atoms with van der Waals surface area (Å²) < 4.78 is 43.7. The van der Waals surface area contributed by atoms with Crippen molar-refractivity contribution in [3.8, 4) is 0 Å². The lowest BCUT2D eigenvalue weighted by atomic mass is 10.2. The van der Waals surface area contributed by atoms with Crippen molar-refractivity contribution in [1.82, 2.24) is 19.6 Å². The van der Waals surface area contributed by atoms with Gasteiger partial charge in [0.2, 0.25) is 15.9 Å². The van der Waals surface area contributed by atoms with Crippen molar-refractivity contribution >= 4 is 38.7 Å². The summed E-state index contributed by atoms with van der Waals surface area (Å²) in [5.74, 6) is 0.198. The van der Waals surface area contributed by atoms with Crippen molar-refractivity contribution in [2.45, 2.75) is 37.2 Å². The van der Waals surface area contributed by atoms with E-state index in [1.54, 1.807) is 0 Å². The number of sulfonamides is 1. The van der Waals surface area contributed by atoms with Crippen LogP contribution < -0.4 is 10.0 Å². The molecule has 1 unspecified atom stereocenters. The number of hydrogen-bond donors (Lipinski definition) is 2. The molecule has 0 saturated carbocycles. The third kappa shape index (κ3) is 5.87. The normalized spacial score (nSPS) is 12.7. The number of aromatic nitrogens is 2. The van der Waals surface area contributed by atoms with Gasteiger partial charge in [-0.3, -0.25) is 4.79 Å². The largest absolute Gasteiger partial charge is 0.355 e. The van der Waals surface area contributed by atoms with Gasteiger partial charge in [-0.05, 0) is 56.0 Å². The smallest absolute Gasteiger partial charge is 0.244 e. The van der Waals surface area contributed by atoms with E-state index < -0.39 is 32.7 Å². The second kappa shape index (κ2) is 10.9. The third-order valence-corrected chi connectivity index (χ3v) is 7.20. The molecule has 0 aliphatic carbocycles. The number of imidazole rings is 1. The van der Waals surface area contributed by atoms with E-state index in [1.807, 2.05) is 37.4 Å². The van der Waals surface area contributed by atoms with Crippen LogP contribution in [0.3, 0.4) is 0 Å². The van der Waals surface area contributed by atoms with E-state index >= 15 is 0 Å². The zero-order valence-electron chi connectivity index (χ0n) is 18.0.